The number of carboxylic acids is 1. The lowest BCUT2D eigenvalue weighted by Crippen LogP contribution is -2.59. The van der Waals surface area contributed by atoms with Crippen molar-refractivity contribution in [2.45, 2.75) is 117 Å². The molecule has 3 atom stereocenters. The van der Waals surface area contributed by atoms with Crippen LogP contribution in [0.4, 0.5) is 10.5 Å². The lowest BCUT2D eigenvalue weighted by molar-refractivity contribution is -0.139. The van der Waals surface area contributed by atoms with Crippen LogP contribution in [0.5, 0.6) is 17.4 Å². The Labute approximate surface area is 514 Å². The number of rotatable bonds is 33. The number of primary amides is 1. The summed E-state index contributed by atoms with van der Waals surface area (Å²) in [6.07, 6.45) is 9.66. The van der Waals surface area contributed by atoms with E-state index in [1.54, 1.807) is 47.4 Å². The van der Waals surface area contributed by atoms with Crippen molar-refractivity contribution < 1.29 is 57.6 Å². The van der Waals surface area contributed by atoms with Crippen LogP contribution in [-0.4, -0.2) is 156 Å². The Balaban J connectivity index is 0.623. The van der Waals surface area contributed by atoms with Crippen LogP contribution in [0.25, 0.3) is 11.1 Å². The minimum Gasteiger partial charge on any atom is -0.487 e. The predicted octanol–water partition coefficient (Wildman–Crippen LogP) is 5.17. The Bertz CT molecular complexity index is 3390. The van der Waals surface area contributed by atoms with Gasteiger partial charge >= 0.3 is 12.0 Å². The van der Waals surface area contributed by atoms with Crippen molar-refractivity contribution in [2.75, 3.05) is 51.3 Å². The molecule has 89 heavy (non-hydrogen) atoms. The number of hydrogen-bond acceptors (Lipinski definition) is 16. The second-order valence-electron chi connectivity index (χ2n) is 24.1. The molecular weight excluding hydrogens is 1150 g/mol. The number of carbonyl (C=O) groups excluding carboxylic acids is 6. The number of pyridine rings is 1. The molecule has 2 aliphatic carbocycles. The molecule has 7 amide bonds. The Morgan fingerprint density at radius 2 is 1.62 bits per heavy atom. The number of nitrogens with zero attached hydrogens (tertiary/aromatic N) is 8. The molecule has 27 nitrogen and oxygen atoms in total. The first-order valence-electron chi connectivity index (χ1n) is 30.1. The number of hydrogen-bond donors (Lipinski definition) is 8. The number of carboxylic acid groups (broad SMARTS) is 1. The van der Waals surface area contributed by atoms with E-state index in [-0.39, 0.29) is 106 Å². The van der Waals surface area contributed by atoms with Gasteiger partial charge in [0.15, 0.2) is 0 Å². The number of H-pyrrole nitrogens is 1. The van der Waals surface area contributed by atoms with Crippen molar-refractivity contribution in [1.82, 2.24) is 66.1 Å². The predicted molar refractivity (Wildman–Crippen MR) is 323 cm³/mol. The van der Waals surface area contributed by atoms with Crippen LogP contribution in [0.1, 0.15) is 104 Å². The number of aliphatic carboxylic acids is 1. The highest BCUT2D eigenvalue weighted by atomic mass is 16.5. The Kier molecular flexibility index (Phi) is 21.4. The molecule has 9 rings (SSSR count). The number of carbonyl (C=O) groups is 7. The molecule has 474 valence electrons. The van der Waals surface area contributed by atoms with Gasteiger partial charge in [0, 0.05) is 61.1 Å². The van der Waals surface area contributed by atoms with Gasteiger partial charge in [-0.25, -0.2) is 19.3 Å². The molecule has 1 aliphatic heterocycles. The van der Waals surface area contributed by atoms with Gasteiger partial charge < -0.3 is 61.3 Å². The maximum atomic E-state index is 14.0. The Morgan fingerprint density at radius 1 is 0.876 bits per heavy atom. The average Bonchev–Trinajstić information content (AvgIpc) is 1.76. The number of benzene rings is 2. The van der Waals surface area contributed by atoms with Gasteiger partial charge in [-0.15, -0.1) is 5.10 Å². The topological polar surface area (TPSA) is 356 Å². The summed E-state index contributed by atoms with van der Waals surface area (Å²) >= 11 is 0. The standard InChI is InChI=1S/C62H79N15O12/c1-37-53(38(2)72-71-37)39-14-17-44(18-15-39)68-59(82)55(54(40-10-11-40)41-12-13-41)70-58(81)50-21-24-67-77(50)25-7-23-64-51(78)34-76-31-45(73-74-76)36-87-27-26-86-35-43(56(63)79)30-66-61(85)75-32-48(33-75)88-46-8-6-9-47(28-46)89-52-19-16-42(29-65-52)57(80)69-49(60(83)84)20-22-62(3,4)5/h6,8-9,14-19,21,24,28-29,31,40-41,43,48-49,54-55H,7,10-13,20,22-23,25-27,30,32-36H2,1-5H3,(H2,63,79)(H,64,78)(H,66,85)(H,68,82)(H,69,80)(H,70,81)(H,71,72)(H,83,84)/t43?,49-,55-/m0/s1. The van der Waals surface area contributed by atoms with Crippen LogP contribution in [0.3, 0.4) is 0 Å². The first kappa shape index (κ1) is 64.2. The minimum absolute atomic E-state index is 0.0382. The lowest BCUT2D eigenvalue weighted by Gasteiger charge is -2.39. The molecule has 4 aromatic heterocycles. The van der Waals surface area contributed by atoms with Gasteiger partial charge in [0.2, 0.25) is 23.6 Å². The van der Waals surface area contributed by atoms with E-state index in [0.717, 1.165) is 48.2 Å². The van der Waals surface area contributed by atoms with Gasteiger partial charge in [-0.3, -0.25) is 33.8 Å². The number of nitrogens with one attached hydrogen (secondary N) is 6. The number of likely N-dealkylation sites (tertiary alicyclic amines) is 1. The van der Waals surface area contributed by atoms with E-state index in [2.05, 4.69) is 57.2 Å². The van der Waals surface area contributed by atoms with Gasteiger partial charge in [-0.1, -0.05) is 44.2 Å². The highest BCUT2D eigenvalue weighted by molar-refractivity contribution is 6.01. The van der Waals surface area contributed by atoms with E-state index in [1.807, 2.05) is 58.9 Å². The summed E-state index contributed by atoms with van der Waals surface area (Å²) in [5.41, 5.74) is 11.0. The summed E-state index contributed by atoms with van der Waals surface area (Å²) in [5, 5.41) is 43.8. The summed E-state index contributed by atoms with van der Waals surface area (Å²) < 4.78 is 26.2. The molecule has 0 spiro atoms. The van der Waals surface area contributed by atoms with Crippen LogP contribution >= 0.6 is 0 Å². The van der Waals surface area contributed by atoms with E-state index in [0.29, 0.717) is 66.3 Å². The fraction of sp³-hybridized carbons (Fsp3) is 0.484. The second-order valence-corrected chi connectivity index (χ2v) is 24.1. The van der Waals surface area contributed by atoms with Crippen molar-refractivity contribution in [3.05, 3.63) is 114 Å². The highest BCUT2D eigenvalue weighted by Crippen LogP contribution is 2.51. The number of aromatic amines is 1. The van der Waals surface area contributed by atoms with Crippen LogP contribution in [0.2, 0.25) is 0 Å². The number of aryl methyl sites for hydroxylation is 3. The number of aromatic nitrogens is 8. The number of amides is 7. The fourth-order valence-electron chi connectivity index (χ4n) is 10.5. The van der Waals surface area contributed by atoms with Gasteiger partial charge in [0.05, 0.1) is 62.9 Å². The van der Waals surface area contributed by atoms with Gasteiger partial charge in [-0.05, 0) is 124 Å². The molecule has 27 heteroatoms. The second kappa shape index (κ2) is 29.6. The molecule has 2 aromatic carbocycles. The third kappa shape index (κ3) is 18.6. The number of anilines is 1. The summed E-state index contributed by atoms with van der Waals surface area (Å²) in [6.45, 7) is 11.3. The largest absolute Gasteiger partial charge is 0.487 e. The molecule has 3 fully saturated rings. The first-order chi connectivity index (χ1) is 42.7. The van der Waals surface area contributed by atoms with Gasteiger partial charge in [0.25, 0.3) is 11.8 Å². The van der Waals surface area contributed by atoms with Crippen LogP contribution < -0.4 is 41.8 Å². The third-order valence-corrected chi connectivity index (χ3v) is 15.7. The van der Waals surface area contributed by atoms with E-state index in [4.69, 9.17) is 24.7 Å². The molecule has 5 heterocycles. The molecule has 0 radical (unpaired) electrons. The first-order valence-corrected chi connectivity index (χ1v) is 30.1. The highest BCUT2D eigenvalue weighted by Gasteiger charge is 2.48. The van der Waals surface area contributed by atoms with Crippen molar-refractivity contribution in [3.63, 3.8) is 0 Å². The third-order valence-electron chi connectivity index (χ3n) is 15.7. The number of ether oxygens (including phenoxy) is 4. The molecule has 2 saturated carbocycles. The number of nitrogens with two attached hydrogens (primary N) is 1. The zero-order valence-electron chi connectivity index (χ0n) is 50.7. The van der Waals surface area contributed by atoms with E-state index in [1.165, 1.54) is 27.9 Å². The van der Waals surface area contributed by atoms with Crippen LogP contribution in [0.15, 0.2) is 85.3 Å². The van der Waals surface area contributed by atoms with E-state index < -0.39 is 41.8 Å². The van der Waals surface area contributed by atoms with Gasteiger partial charge in [0.1, 0.15) is 47.6 Å². The maximum absolute atomic E-state index is 14.0. The summed E-state index contributed by atoms with van der Waals surface area (Å²) in [7, 11) is 0. The minimum atomic E-state index is -1.11. The van der Waals surface area contributed by atoms with Gasteiger partial charge in [-0.2, -0.15) is 10.2 Å². The van der Waals surface area contributed by atoms with Crippen molar-refractivity contribution in [1.29, 1.82) is 0 Å². The maximum Gasteiger partial charge on any atom is 0.326 e. The van der Waals surface area contributed by atoms with E-state index >= 15 is 0 Å². The number of urea groups is 1. The molecule has 1 unspecified atom stereocenters. The molecular formula is C62H79N15O12. The van der Waals surface area contributed by atoms with E-state index in [9.17, 15) is 38.7 Å². The summed E-state index contributed by atoms with van der Waals surface area (Å²) in [4.78, 5) is 96.3. The van der Waals surface area contributed by atoms with Crippen molar-refractivity contribution in [3.8, 4) is 28.5 Å². The smallest absolute Gasteiger partial charge is 0.326 e. The molecule has 9 N–H and O–H groups in total. The molecule has 6 aromatic rings. The Hall–Kier alpha value is -9.24. The molecule has 1 saturated heterocycles. The quantitative estimate of drug-likeness (QED) is 0.0246. The lowest BCUT2D eigenvalue weighted by atomic mass is 9.88. The SMILES string of the molecule is Cc1n[nH]c(C)c1-c1ccc(NC(=O)[C@@H](NC(=O)c2ccnn2CCCNC(=O)Cn2cc(COCCOCC(CNC(=O)N3CC(Oc4cccc(Oc5ccc(C(=O)N[C@@H](CCC(C)(C)C)C(=O)O)cn5)c4)C3)C(N)=O)nn2)C(C2CC2)C2CC2)cc1. The van der Waals surface area contributed by atoms with Crippen molar-refractivity contribution in [2.24, 2.45) is 34.8 Å². The molecule has 0 bridgehead atoms. The zero-order valence-corrected chi connectivity index (χ0v) is 50.7. The summed E-state index contributed by atoms with van der Waals surface area (Å²) in [6, 6.07) is 17.0. The normalized spacial score (nSPS) is 15.1. The Morgan fingerprint density at radius 3 is 2.29 bits per heavy atom. The monoisotopic (exact) mass is 1230 g/mol. The van der Waals surface area contributed by atoms with Crippen LogP contribution in [0, 0.1) is 42.9 Å². The molecule has 3 aliphatic rings. The average molecular weight is 1230 g/mol. The summed E-state index contributed by atoms with van der Waals surface area (Å²) in [5.74, 6) is -2.13. The zero-order chi connectivity index (χ0) is 63.2. The fourth-order valence-corrected chi connectivity index (χ4v) is 10.5. The van der Waals surface area contributed by atoms with Crippen LogP contribution in [-0.2, 0) is 48.3 Å². The van der Waals surface area contributed by atoms with Crippen molar-refractivity contribution >= 4 is 47.2 Å².